The smallest absolute Gasteiger partial charge is 0.336 e. The Morgan fingerprint density at radius 1 is 1.08 bits per heavy atom. The molecule has 0 bridgehead atoms. The quantitative estimate of drug-likeness (QED) is 0.652. The van der Waals surface area contributed by atoms with E-state index >= 15 is 0 Å². The monoisotopic (exact) mass is 332 g/mol. The third-order valence-electron chi connectivity index (χ3n) is 5.18. The van der Waals surface area contributed by atoms with Gasteiger partial charge in [-0.3, -0.25) is 0 Å². The van der Waals surface area contributed by atoms with E-state index in [0.29, 0.717) is 17.2 Å². The van der Waals surface area contributed by atoms with Crippen molar-refractivity contribution in [1.82, 2.24) is 4.57 Å². The Balaban J connectivity index is 1.74. The second-order valence-corrected chi connectivity index (χ2v) is 6.84. The molecule has 25 heavy (non-hydrogen) atoms. The summed E-state index contributed by atoms with van der Waals surface area (Å²) in [7, 11) is 0. The normalized spacial score (nSPS) is 15.3. The van der Waals surface area contributed by atoms with Gasteiger partial charge >= 0.3 is 5.63 Å². The molecule has 0 atom stereocenters. The lowest BCUT2D eigenvalue weighted by Crippen LogP contribution is -2.15. The Labute approximate surface area is 146 Å². The number of benzene rings is 1. The van der Waals surface area contributed by atoms with E-state index in [1.807, 2.05) is 30.3 Å². The van der Waals surface area contributed by atoms with Crippen LogP contribution in [0.5, 0.6) is 0 Å². The van der Waals surface area contributed by atoms with Gasteiger partial charge in [-0.25, -0.2) is 4.79 Å². The number of fused-ring (bicyclic) bond motifs is 1. The summed E-state index contributed by atoms with van der Waals surface area (Å²) in [5, 5.41) is 10.4. The molecule has 0 N–H and O–H groups in total. The lowest BCUT2D eigenvalue weighted by molar-refractivity contribution is 0.320. The van der Waals surface area contributed by atoms with Crippen LogP contribution in [-0.2, 0) is 6.54 Å². The Morgan fingerprint density at radius 3 is 2.72 bits per heavy atom. The third-order valence-corrected chi connectivity index (χ3v) is 5.18. The Morgan fingerprint density at radius 2 is 1.92 bits per heavy atom. The van der Waals surface area contributed by atoms with E-state index in [1.54, 1.807) is 6.07 Å². The van der Waals surface area contributed by atoms with E-state index < -0.39 is 0 Å². The second-order valence-electron chi connectivity index (χ2n) is 6.84. The van der Waals surface area contributed by atoms with Crippen molar-refractivity contribution in [2.24, 2.45) is 5.92 Å². The van der Waals surface area contributed by atoms with Gasteiger partial charge in [0, 0.05) is 23.7 Å². The highest BCUT2D eigenvalue weighted by Gasteiger charge is 2.18. The molecule has 0 spiro atoms. The second kappa shape index (κ2) is 6.60. The summed E-state index contributed by atoms with van der Waals surface area (Å²) in [5.41, 5.74) is 3.05. The first-order valence-corrected chi connectivity index (χ1v) is 8.88. The molecule has 4 nitrogen and oxygen atoms in total. The maximum Gasteiger partial charge on any atom is 0.336 e. The number of rotatable bonds is 3. The third kappa shape index (κ3) is 3.10. The molecule has 0 aliphatic heterocycles. The van der Waals surface area contributed by atoms with Gasteiger partial charge in [-0.1, -0.05) is 19.3 Å². The molecule has 126 valence electrons. The molecule has 1 saturated carbocycles. The maximum atomic E-state index is 11.3. The van der Waals surface area contributed by atoms with Gasteiger partial charge in [-0.2, -0.15) is 5.26 Å². The van der Waals surface area contributed by atoms with Gasteiger partial charge in [0.05, 0.1) is 0 Å². The lowest BCUT2D eigenvalue weighted by Gasteiger charge is -2.23. The summed E-state index contributed by atoms with van der Waals surface area (Å²) < 4.78 is 7.36. The van der Waals surface area contributed by atoms with Crippen LogP contribution in [0.2, 0.25) is 0 Å². The first-order valence-electron chi connectivity index (χ1n) is 8.88. The summed E-state index contributed by atoms with van der Waals surface area (Å²) >= 11 is 0. The molecule has 1 aliphatic rings. The molecule has 1 aliphatic carbocycles. The summed E-state index contributed by atoms with van der Waals surface area (Å²) in [6.45, 7) is 0.896. The molecule has 2 heterocycles. The van der Waals surface area contributed by atoms with Crippen molar-refractivity contribution < 1.29 is 4.42 Å². The van der Waals surface area contributed by atoms with Gasteiger partial charge < -0.3 is 8.98 Å². The summed E-state index contributed by atoms with van der Waals surface area (Å²) in [6, 6.07) is 15.3. The highest BCUT2D eigenvalue weighted by molar-refractivity contribution is 5.82. The van der Waals surface area contributed by atoms with Crippen molar-refractivity contribution in [1.29, 1.82) is 5.26 Å². The maximum absolute atomic E-state index is 11.3. The Kier molecular flexibility index (Phi) is 4.15. The van der Waals surface area contributed by atoms with Gasteiger partial charge in [0.1, 0.15) is 17.3 Å². The van der Waals surface area contributed by atoms with Crippen molar-refractivity contribution in [2.75, 3.05) is 0 Å². The van der Waals surface area contributed by atoms with E-state index in [1.165, 1.54) is 38.2 Å². The molecule has 0 unspecified atom stereocenters. The van der Waals surface area contributed by atoms with Crippen LogP contribution in [0.15, 0.2) is 51.7 Å². The first kappa shape index (κ1) is 15.7. The number of nitrogens with zero attached hydrogens (tertiary/aromatic N) is 2. The molecule has 2 aromatic heterocycles. The number of aromatic nitrogens is 1. The van der Waals surface area contributed by atoms with Gasteiger partial charge in [-0.15, -0.1) is 0 Å². The largest absolute Gasteiger partial charge is 0.423 e. The standard InChI is InChI=1S/C21H20N2O2/c22-13-18-8-9-19(23(18)14-15-4-2-1-3-5-15)16-6-10-20-17(12-16)7-11-21(24)25-20/h6-12,15H,1-5,14H2. The van der Waals surface area contributed by atoms with Crippen LogP contribution < -0.4 is 5.63 Å². The number of hydrogen-bond donors (Lipinski definition) is 0. The van der Waals surface area contributed by atoms with Crippen LogP contribution in [0.1, 0.15) is 37.8 Å². The predicted octanol–water partition coefficient (Wildman–Crippen LogP) is 4.71. The fraction of sp³-hybridized carbons (Fsp3) is 0.333. The van der Waals surface area contributed by atoms with Crippen molar-refractivity contribution >= 4 is 11.0 Å². The van der Waals surface area contributed by atoms with Crippen LogP contribution in [0.4, 0.5) is 0 Å². The van der Waals surface area contributed by atoms with Gasteiger partial charge in [0.2, 0.25) is 0 Å². The highest BCUT2D eigenvalue weighted by Crippen LogP contribution is 2.30. The van der Waals surface area contributed by atoms with E-state index in [2.05, 4.69) is 10.6 Å². The molecule has 1 aromatic carbocycles. The van der Waals surface area contributed by atoms with Crippen LogP contribution in [0, 0.1) is 17.2 Å². The van der Waals surface area contributed by atoms with Gasteiger partial charge in [0.15, 0.2) is 0 Å². The molecule has 0 amide bonds. The zero-order chi connectivity index (χ0) is 17.2. The summed E-state index contributed by atoms with van der Waals surface area (Å²) in [5.74, 6) is 0.644. The van der Waals surface area contributed by atoms with Crippen LogP contribution in [0.3, 0.4) is 0 Å². The highest BCUT2D eigenvalue weighted by atomic mass is 16.4. The van der Waals surface area contributed by atoms with Crippen molar-refractivity contribution in [2.45, 2.75) is 38.6 Å². The van der Waals surface area contributed by atoms with Gasteiger partial charge in [0.25, 0.3) is 0 Å². The topological polar surface area (TPSA) is 58.9 Å². The number of nitriles is 1. The van der Waals surface area contributed by atoms with E-state index in [4.69, 9.17) is 4.42 Å². The molecule has 0 radical (unpaired) electrons. The molecule has 0 saturated heterocycles. The first-order chi connectivity index (χ1) is 12.2. The fourth-order valence-electron chi connectivity index (χ4n) is 3.87. The van der Waals surface area contributed by atoms with Crippen LogP contribution >= 0.6 is 0 Å². The predicted molar refractivity (Wildman–Crippen MR) is 97.2 cm³/mol. The van der Waals surface area contributed by atoms with E-state index in [9.17, 15) is 10.1 Å². The Bertz CT molecular complexity index is 1000. The minimum atomic E-state index is -0.340. The SMILES string of the molecule is N#Cc1ccc(-c2ccc3oc(=O)ccc3c2)n1CC1CCCCC1. The average molecular weight is 332 g/mol. The zero-order valence-electron chi connectivity index (χ0n) is 14.1. The van der Waals surface area contributed by atoms with E-state index in [0.717, 1.165) is 23.2 Å². The lowest BCUT2D eigenvalue weighted by atomic mass is 9.89. The molecule has 4 rings (SSSR count). The Hall–Kier alpha value is -2.80. The molecule has 1 fully saturated rings. The molecule has 4 heteroatoms. The van der Waals surface area contributed by atoms with Crippen LogP contribution in [-0.4, -0.2) is 4.57 Å². The molecular weight excluding hydrogens is 312 g/mol. The minimum absolute atomic E-state index is 0.340. The average Bonchev–Trinajstić information content (AvgIpc) is 3.04. The van der Waals surface area contributed by atoms with Crippen molar-refractivity contribution in [3.8, 4) is 17.3 Å². The fourth-order valence-corrected chi connectivity index (χ4v) is 3.87. The van der Waals surface area contributed by atoms with Crippen LogP contribution in [0.25, 0.3) is 22.2 Å². The number of hydrogen-bond acceptors (Lipinski definition) is 3. The zero-order valence-corrected chi connectivity index (χ0v) is 14.1. The minimum Gasteiger partial charge on any atom is -0.423 e. The molecular formula is C21H20N2O2. The van der Waals surface area contributed by atoms with Crippen molar-refractivity contribution in [3.63, 3.8) is 0 Å². The summed E-state index contributed by atoms with van der Waals surface area (Å²) in [4.78, 5) is 11.3. The van der Waals surface area contributed by atoms with Crippen molar-refractivity contribution in [3.05, 3.63) is 58.6 Å². The molecule has 3 aromatic rings. The summed E-state index contributed by atoms with van der Waals surface area (Å²) in [6.07, 6.45) is 6.39. The van der Waals surface area contributed by atoms with Gasteiger partial charge in [-0.05, 0) is 60.7 Å². The van der Waals surface area contributed by atoms with E-state index in [-0.39, 0.29) is 5.63 Å².